The Morgan fingerprint density at radius 2 is 1.94 bits per heavy atom. The second-order valence-electron chi connectivity index (χ2n) is 4.55. The fraction of sp³-hybridized carbons (Fsp3) is 0.133. The molecule has 0 saturated carbocycles. The van der Waals surface area contributed by atoms with E-state index in [9.17, 15) is 4.79 Å². The number of hydrogen-bond donors (Lipinski definition) is 2. The van der Waals surface area contributed by atoms with Gasteiger partial charge < -0.3 is 11.1 Å². The molecule has 1 aliphatic rings. The summed E-state index contributed by atoms with van der Waals surface area (Å²) in [4.78, 5) is 11.8. The molecule has 1 heterocycles. The predicted molar refractivity (Wildman–Crippen MR) is 71.0 cm³/mol. The molecule has 1 unspecified atom stereocenters. The lowest BCUT2D eigenvalue weighted by atomic mass is 9.89. The van der Waals surface area contributed by atoms with Crippen molar-refractivity contribution in [1.82, 2.24) is 5.32 Å². The van der Waals surface area contributed by atoms with Crippen LogP contribution in [0.15, 0.2) is 48.5 Å². The third-order valence-electron chi connectivity index (χ3n) is 3.27. The monoisotopic (exact) mass is 238 g/mol. The largest absolute Gasteiger partial charge is 0.399 e. The van der Waals surface area contributed by atoms with Crippen LogP contribution in [0.5, 0.6) is 0 Å². The molecule has 0 radical (unpaired) electrons. The highest BCUT2D eigenvalue weighted by Crippen LogP contribution is 2.29. The molecule has 1 amide bonds. The minimum atomic E-state index is -0.0917. The SMILES string of the molecule is Nc1cccc(C2NC(=O)Cc3ccccc32)c1. The minimum absolute atomic E-state index is 0.0566. The smallest absolute Gasteiger partial charge is 0.225 e. The van der Waals surface area contributed by atoms with Gasteiger partial charge in [0.1, 0.15) is 0 Å². The Bertz CT molecular complexity index is 607. The first kappa shape index (κ1) is 10.8. The predicted octanol–water partition coefficient (Wildman–Crippen LogP) is 2.03. The van der Waals surface area contributed by atoms with Gasteiger partial charge in [0.2, 0.25) is 5.91 Å². The van der Waals surface area contributed by atoms with E-state index in [1.807, 2.05) is 42.5 Å². The van der Waals surface area contributed by atoms with Crippen molar-refractivity contribution in [2.24, 2.45) is 0 Å². The van der Waals surface area contributed by atoms with E-state index in [-0.39, 0.29) is 11.9 Å². The molecule has 3 rings (SSSR count). The summed E-state index contributed by atoms with van der Waals surface area (Å²) >= 11 is 0. The quantitative estimate of drug-likeness (QED) is 0.747. The lowest BCUT2D eigenvalue weighted by molar-refractivity contribution is -0.121. The van der Waals surface area contributed by atoms with Gasteiger partial charge in [-0.2, -0.15) is 0 Å². The van der Waals surface area contributed by atoms with Crippen LogP contribution in [0, 0.1) is 0 Å². The molecule has 0 aromatic heterocycles. The van der Waals surface area contributed by atoms with Crippen molar-refractivity contribution in [3.63, 3.8) is 0 Å². The van der Waals surface area contributed by atoms with E-state index in [0.717, 1.165) is 16.7 Å². The number of benzene rings is 2. The third kappa shape index (κ3) is 1.84. The lowest BCUT2D eigenvalue weighted by Crippen LogP contribution is -2.35. The first-order valence-corrected chi connectivity index (χ1v) is 5.96. The summed E-state index contributed by atoms with van der Waals surface area (Å²) in [6, 6.07) is 15.6. The van der Waals surface area contributed by atoms with E-state index in [1.165, 1.54) is 0 Å². The molecule has 1 atom stereocenters. The van der Waals surface area contributed by atoms with Crippen molar-refractivity contribution < 1.29 is 4.79 Å². The van der Waals surface area contributed by atoms with Crippen LogP contribution >= 0.6 is 0 Å². The van der Waals surface area contributed by atoms with Gasteiger partial charge in [-0.3, -0.25) is 4.79 Å². The van der Waals surface area contributed by atoms with Gasteiger partial charge in [0.05, 0.1) is 12.5 Å². The van der Waals surface area contributed by atoms with Crippen molar-refractivity contribution in [3.05, 3.63) is 65.2 Å². The molecule has 0 bridgehead atoms. The molecule has 0 fully saturated rings. The van der Waals surface area contributed by atoms with Crippen LogP contribution in [-0.2, 0) is 11.2 Å². The normalized spacial score (nSPS) is 18.0. The number of carbonyl (C=O) groups excluding carboxylic acids is 1. The molecule has 0 aliphatic carbocycles. The van der Waals surface area contributed by atoms with Gasteiger partial charge in [0.15, 0.2) is 0 Å². The molecule has 0 spiro atoms. The Hall–Kier alpha value is -2.29. The molecule has 2 aromatic rings. The highest BCUT2D eigenvalue weighted by molar-refractivity contribution is 5.82. The maximum atomic E-state index is 11.8. The summed E-state index contributed by atoms with van der Waals surface area (Å²) in [5.41, 5.74) is 9.79. The number of amides is 1. The van der Waals surface area contributed by atoms with Gasteiger partial charge >= 0.3 is 0 Å². The van der Waals surface area contributed by atoms with E-state index in [4.69, 9.17) is 5.73 Å². The Labute approximate surface area is 106 Å². The molecular formula is C15H14N2O. The molecule has 18 heavy (non-hydrogen) atoms. The zero-order valence-electron chi connectivity index (χ0n) is 9.89. The van der Waals surface area contributed by atoms with Crippen molar-refractivity contribution in [3.8, 4) is 0 Å². The first-order chi connectivity index (χ1) is 8.74. The van der Waals surface area contributed by atoms with Crippen LogP contribution in [0.2, 0.25) is 0 Å². The number of hydrogen-bond acceptors (Lipinski definition) is 2. The molecule has 3 heteroatoms. The Morgan fingerprint density at radius 3 is 2.78 bits per heavy atom. The number of nitrogen functional groups attached to an aromatic ring is 1. The average Bonchev–Trinajstić information content (AvgIpc) is 2.37. The summed E-state index contributed by atoms with van der Waals surface area (Å²) in [6.07, 6.45) is 0.453. The number of rotatable bonds is 1. The van der Waals surface area contributed by atoms with Crippen molar-refractivity contribution in [2.45, 2.75) is 12.5 Å². The average molecular weight is 238 g/mol. The Balaban J connectivity index is 2.10. The van der Waals surface area contributed by atoms with E-state index >= 15 is 0 Å². The molecule has 3 nitrogen and oxygen atoms in total. The van der Waals surface area contributed by atoms with Crippen LogP contribution < -0.4 is 11.1 Å². The molecule has 0 saturated heterocycles. The zero-order valence-corrected chi connectivity index (χ0v) is 9.89. The zero-order chi connectivity index (χ0) is 12.5. The molecule has 2 aromatic carbocycles. The highest BCUT2D eigenvalue weighted by atomic mass is 16.1. The van der Waals surface area contributed by atoms with Gasteiger partial charge in [0, 0.05) is 5.69 Å². The second kappa shape index (κ2) is 4.18. The maximum absolute atomic E-state index is 11.8. The maximum Gasteiger partial charge on any atom is 0.225 e. The van der Waals surface area contributed by atoms with Gasteiger partial charge in [0.25, 0.3) is 0 Å². The third-order valence-corrected chi connectivity index (χ3v) is 3.27. The Morgan fingerprint density at radius 1 is 1.11 bits per heavy atom. The number of anilines is 1. The molecule has 90 valence electrons. The standard InChI is InChI=1S/C15H14N2O/c16-12-6-3-5-11(8-12)15-13-7-2-1-4-10(13)9-14(18)17-15/h1-8,15H,9,16H2,(H,17,18). The highest BCUT2D eigenvalue weighted by Gasteiger charge is 2.25. The number of carbonyl (C=O) groups is 1. The topological polar surface area (TPSA) is 55.1 Å². The van der Waals surface area contributed by atoms with Crippen LogP contribution in [-0.4, -0.2) is 5.91 Å². The van der Waals surface area contributed by atoms with E-state index < -0.39 is 0 Å². The van der Waals surface area contributed by atoms with Gasteiger partial charge in [-0.1, -0.05) is 36.4 Å². The molecule has 1 aliphatic heterocycles. The summed E-state index contributed by atoms with van der Waals surface area (Å²) < 4.78 is 0. The van der Waals surface area contributed by atoms with Crippen LogP contribution in [0.1, 0.15) is 22.7 Å². The second-order valence-corrected chi connectivity index (χ2v) is 4.55. The van der Waals surface area contributed by atoms with Crippen LogP contribution in [0.25, 0.3) is 0 Å². The summed E-state index contributed by atoms with van der Waals surface area (Å²) in [6.45, 7) is 0. The van der Waals surface area contributed by atoms with Gasteiger partial charge in [-0.15, -0.1) is 0 Å². The number of nitrogens with one attached hydrogen (secondary N) is 1. The summed E-state index contributed by atoms with van der Waals surface area (Å²) in [5, 5.41) is 3.02. The van der Waals surface area contributed by atoms with Gasteiger partial charge in [-0.25, -0.2) is 0 Å². The Kier molecular flexibility index (Phi) is 2.52. The molecular weight excluding hydrogens is 224 g/mol. The molecule has 3 N–H and O–H groups in total. The minimum Gasteiger partial charge on any atom is -0.399 e. The summed E-state index contributed by atoms with van der Waals surface area (Å²) in [5.74, 6) is 0.0566. The summed E-state index contributed by atoms with van der Waals surface area (Å²) in [7, 11) is 0. The van der Waals surface area contributed by atoms with E-state index in [1.54, 1.807) is 0 Å². The van der Waals surface area contributed by atoms with E-state index in [0.29, 0.717) is 12.1 Å². The van der Waals surface area contributed by atoms with E-state index in [2.05, 4.69) is 11.4 Å². The first-order valence-electron chi connectivity index (χ1n) is 5.96. The number of fused-ring (bicyclic) bond motifs is 1. The van der Waals surface area contributed by atoms with Crippen molar-refractivity contribution in [2.75, 3.05) is 5.73 Å². The fourth-order valence-electron chi connectivity index (χ4n) is 2.44. The lowest BCUT2D eigenvalue weighted by Gasteiger charge is -2.27. The number of nitrogens with two attached hydrogens (primary N) is 1. The fourth-order valence-corrected chi connectivity index (χ4v) is 2.44. The van der Waals surface area contributed by atoms with Crippen molar-refractivity contribution >= 4 is 11.6 Å². The van der Waals surface area contributed by atoms with Crippen LogP contribution in [0.4, 0.5) is 5.69 Å². The van der Waals surface area contributed by atoms with Crippen LogP contribution in [0.3, 0.4) is 0 Å². The van der Waals surface area contributed by atoms with Crippen molar-refractivity contribution in [1.29, 1.82) is 0 Å². The van der Waals surface area contributed by atoms with Gasteiger partial charge in [-0.05, 0) is 28.8 Å².